The molecule has 0 aliphatic heterocycles. The van der Waals surface area contributed by atoms with E-state index in [0.29, 0.717) is 27.4 Å². The molecule has 7 nitrogen and oxygen atoms in total. The predicted molar refractivity (Wildman–Crippen MR) is 93.1 cm³/mol. The first-order valence-electron chi connectivity index (χ1n) is 6.94. The number of halogens is 1. The van der Waals surface area contributed by atoms with Crippen molar-refractivity contribution in [2.75, 3.05) is 26.6 Å². The fourth-order valence-corrected chi connectivity index (χ4v) is 2.51. The summed E-state index contributed by atoms with van der Waals surface area (Å²) in [4.78, 5) is 23.9. The van der Waals surface area contributed by atoms with Crippen molar-refractivity contribution in [2.45, 2.75) is 6.54 Å². The molecule has 1 aromatic carbocycles. The third-order valence-electron chi connectivity index (χ3n) is 3.21. The molecule has 0 saturated heterocycles. The molecule has 0 unspecified atom stereocenters. The second-order valence-electron chi connectivity index (χ2n) is 4.78. The molecule has 0 atom stereocenters. The summed E-state index contributed by atoms with van der Waals surface area (Å²) < 4.78 is 17.7. The number of carbonyl (C=O) groups excluding carboxylic acids is 1. The van der Waals surface area contributed by atoms with Gasteiger partial charge in [0, 0.05) is 34.6 Å². The molecule has 1 aromatic heterocycles. The number of pyridine rings is 1. The lowest BCUT2D eigenvalue weighted by atomic mass is 10.2. The lowest BCUT2D eigenvalue weighted by molar-refractivity contribution is -0.116. The molecule has 2 aromatic rings. The summed E-state index contributed by atoms with van der Waals surface area (Å²) in [6.07, 6.45) is 1.55. The van der Waals surface area contributed by atoms with Gasteiger partial charge in [0.15, 0.2) is 11.5 Å². The van der Waals surface area contributed by atoms with E-state index in [0.717, 1.165) is 0 Å². The first kappa shape index (κ1) is 17.9. The minimum Gasteiger partial charge on any atom is -0.493 e. The minimum absolute atomic E-state index is 0.116. The van der Waals surface area contributed by atoms with E-state index in [9.17, 15) is 9.59 Å². The van der Waals surface area contributed by atoms with Crippen molar-refractivity contribution in [2.24, 2.45) is 0 Å². The van der Waals surface area contributed by atoms with Gasteiger partial charge in [-0.05, 0) is 22.0 Å². The van der Waals surface area contributed by atoms with Crippen molar-refractivity contribution in [3.8, 4) is 17.2 Å². The zero-order valence-electron chi connectivity index (χ0n) is 13.5. The SMILES string of the molecule is COc1cc(NC(=O)Cn2cc(Br)ccc2=O)cc(OC)c1OC. The number of nitrogens with one attached hydrogen (secondary N) is 1. The molecule has 0 aliphatic carbocycles. The normalized spacial score (nSPS) is 10.2. The summed E-state index contributed by atoms with van der Waals surface area (Å²) in [5, 5.41) is 2.71. The van der Waals surface area contributed by atoms with Crippen LogP contribution in [0.3, 0.4) is 0 Å². The first-order chi connectivity index (χ1) is 11.5. The molecular weight excluding hydrogens is 380 g/mol. The third-order valence-corrected chi connectivity index (χ3v) is 3.68. The Bertz CT molecular complexity index is 778. The molecule has 2 rings (SSSR count). The molecule has 1 N–H and O–H groups in total. The van der Waals surface area contributed by atoms with Crippen LogP contribution in [0.2, 0.25) is 0 Å². The number of ether oxygens (including phenoxy) is 3. The summed E-state index contributed by atoms with van der Waals surface area (Å²) in [6.45, 7) is -0.116. The zero-order chi connectivity index (χ0) is 17.7. The minimum atomic E-state index is -0.357. The smallest absolute Gasteiger partial charge is 0.251 e. The molecule has 0 radical (unpaired) electrons. The zero-order valence-corrected chi connectivity index (χ0v) is 15.0. The number of nitrogens with zero attached hydrogens (tertiary/aromatic N) is 1. The summed E-state index contributed by atoms with van der Waals surface area (Å²) in [5.74, 6) is 0.921. The number of hydrogen-bond acceptors (Lipinski definition) is 5. The largest absolute Gasteiger partial charge is 0.493 e. The lowest BCUT2D eigenvalue weighted by Crippen LogP contribution is -2.26. The molecule has 128 valence electrons. The van der Waals surface area contributed by atoms with E-state index in [-0.39, 0.29) is 18.0 Å². The second kappa shape index (κ2) is 7.87. The van der Waals surface area contributed by atoms with Gasteiger partial charge in [0.05, 0.1) is 21.3 Å². The molecule has 0 bridgehead atoms. The van der Waals surface area contributed by atoms with Crippen molar-refractivity contribution in [1.29, 1.82) is 0 Å². The number of carbonyl (C=O) groups is 1. The van der Waals surface area contributed by atoms with Crippen LogP contribution in [0.25, 0.3) is 0 Å². The summed E-state index contributed by atoms with van der Waals surface area (Å²) in [7, 11) is 4.48. The average Bonchev–Trinajstić information content (AvgIpc) is 2.57. The number of rotatable bonds is 6. The van der Waals surface area contributed by atoms with Gasteiger partial charge in [0.1, 0.15) is 6.54 Å². The van der Waals surface area contributed by atoms with Crippen LogP contribution in [0.5, 0.6) is 17.2 Å². The molecular formula is C16H17BrN2O5. The number of benzene rings is 1. The van der Waals surface area contributed by atoms with Crippen LogP contribution in [0, 0.1) is 0 Å². The van der Waals surface area contributed by atoms with Crippen LogP contribution in [0.4, 0.5) is 5.69 Å². The molecule has 24 heavy (non-hydrogen) atoms. The Hall–Kier alpha value is -2.48. The first-order valence-corrected chi connectivity index (χ1v) is 7.73. The molecule has 0 saturated carbocycles. The predicted octanol–water partition coefficient (Wildman–Crippen LogP) is 2.28. The summed E-state index contributed by atoms with van der Waals surface area (Å²) >= 11 is 3.27. The Kier molecular flexibility index (Phi) is 5.86. The number of methoxy groups -OCH3 is 3. The average molecular weight is 397 g/mol. The van der Waals surface area contributed by atoms with Crippen LogP contribution in [0.15, 0.2) is 39.7 Å². The summed E-state index contributed by atoms with van der Waals surface area (Å²) in [6, 6.07) is 6.23. The van der Waals surface area contributed by atoms with Gasteiger partial charge in [-0.1, -0.05) is 0 Å². The number of amides is 1. The highest BCUT2D eigenvalue weighted by Gasteiger charge is 2.14. The van der Waals surface area contributed by atoms with Crippen LogP contribution < -0.4 is 25.1 Å². The Morgan fingerprint density at radius 3 is 2.29 bits per heavy atom. The van der Waals surface area contributed by atoms with Crippen molar-refractivity contribution in [3.63, 3.8) is 0 Å². The second-order valence-corrected chi connectivity index (χ2v) is 5.69. The fourth-order valence-electron chi connectivity index (χ4n) is 2.13. The van der Waals surface area contributed by atoms with Crippen LogP contribution >= 0.6 is 15.9 Å². The van der Waals surface area contributed by atoms with Gasteiger partial charge in [0.2, 0.25) is 11.7 Å². The van der Waals surface area contributed by atoms with Crippen LogP contribution in [-0.2, 0) is 11.3 Å². The molecule has 1 amide bonds. The van der Waals surface area contributed by atoms with Gasteiger partial charge in [-0.15, -0.1) is 0 Å². The Morgan fingerprint density at radius 2 is 1.75 bits per heavy atom. The highest BCUT2D eigenvalue weighted by atomic mass is 79.9. The van der Waals surface area contributed by atoms with Crippen molar-refractivity contribution < 1.29 is 19.0 Å². The highest BCUT2D eigenvalue weighted by molar-refractivity contribution is 9.10. The van der Waals surface area contributed by atoms with E-state index >= 15 is 0 Å². The quantitative estimate of drug-likeness (QED) is 0.809. The van der Waals surface area contributed by atoms with Crippen LogP contribution in [-0.4, -0.2) is 31.8 Å². The van der Waals surface area contributed by atoms with Gasteiger partial charge in [-0.3, -0.25) is 9.59 Å². The van der Waals surface area contributed by atoms with Crippen LogP contribution in [0.1, 0.15) is 0 Å². The third kappa shape index (κ3) is 4.08. The number of hydrogen-bond donors (Lipinski definition) is 1. The highest BCUT2D eigenvalue weighted by Crippen LogP contribution is 2.39. The van der Waals surface area contributed by atoms with Crippen molar-refractivity contribution >= 4 is 27.5 Å². The lowest BCUT2D eigenvalue weighted by Gasteiger charge is -2.15. The van der Waals surface area contributed by atoms with E-state index in [1.807, 2.05) is 0 Å². The summed E-state index contributed by atoms with van der Waals surface area (Å²) in [5.41, 5.74) is 0.204. The standard InChI is InChI=1S/C16H17BrN2O5/c1-22-12-6-11(7-13(23-2)16(12)24-3)18-14(20)9-19-8-10(17)4-5-15(19)21/h4-8H,9H2,1-3H3,(H,18,20). The molecule has 0 aliphatic rings. The maximum absolute atomic E-state index is 12.2. The van der Waals surface area contributed by atoms with Crippen molar-refractivity contribution in [1.82, 2.24) is 4.57 Å². The van der Waals surface area contributed by atoms with Gasteiger partial charge in [0.25, 0.3) is 5.56 Å². The fraction of sp³-hybridized carbons (Fsp3) is 0.250. The molecule has 8 heteroatoms. The number of aromatic nitrogens is 1. The Morgan fingerprint density at radius 1 is 1.12 bits per heavy atom. The maximum atomic E-state index is 12.2. The number of anilines is 1. The van der Waals surface area contributed by atoms with E-state index in [2.05, 4.69) is 21.2 Å². The molecule has 0 spiro atoms. The van der Waals surface area contributed by atoms with Gasteiger partial charge >= 0.3 is 0 Å². The van der Waals surface area contributed by atoms with E-state index in [1.54, 1.807) is 24.4 Å². The maximum Gasteiger partial charge on any atom is 0.251 e. The molecule has 0 fully saturated rings. The monoisotopic (exact) mass is 396 g/mol. The van der Waals surface area contributed by atoms with Gasteiger partial charge in [-0.2, -0.15) is 0 Å². The molecule has 1 heterocycles. The van der Waals surface area contributed by atoms with E-state index in [4.69, 9.17) is 14.2 Å². The van der Waals surface area contributed by atoms with E-state index in [1.165, 1.54) is 32.0 Å². The topological polar surface area (TPSA) is 78.8 Å². The van der Waals surface area contributed by atoms with Gasteiger partial charge in [-0.25, -0.2) is 0 Å². The van der Waals surface area contributed by atoms with E-state index < -0.39 is 0 Å². The Balaban J connectivity index is 2.22. The van der Waals surface area contributed by atoms with Crippen molar-refractivity contribution in [3.05, 3.63) is 45.3 Å². The Labute approximate surface area is 147 Å². The van der Waals surface area contributed by atoms with Gasteiger partial charge < -0.3 is 24.1 Å².